The van der Waals surface area contributed by atoms with Gasteiger partial charge in [-0.25, -0.2) is 0 Å². The van der Waals surface area contributed by atoms with Gasteiger partial charge in [0.2, 0.25) is 5.91 Å². The minimum atomic E-state index is -1.10. The minimum absolute atomic E-state index is 0.118. The smallest absolute Gasteiger partial charge is 0.325 e. The van der Waals surface area contributed by atoms with Gasteiger partial charge in [-0.3, -0.25) is 14.4 Å². The van der Waals surface area contributed by atoms with E-state index in [9.17, 15) is 14.4 Å². The number of aliphatic carboxylic acids is 1. The highest BCUT2D eigenvalue weighted by molar-refractivity contribution is 7.99. The van der Waals surface area contributed by atoms with E-state index in [-0.39, 0.29) is 11.2 Å². The summed E-state index contributed by atoms with van der Waals surface area (Å²) in [4.78, 5) is 35.0. The Bertz CT molecular complexity index is 793. The average molecular weight is 386 g/mol. The highest BCUT2D eigenvalue weighted by atomic mass is 32.2. The maximum atomic E-state index is 12.3. The van der Waals surface area contributed by atoms with Gasteiger partial charge in [0.05, 0.1) is 5.25 Å². The first-order chi connectivity index (χ1) is 12.9. The topological polar surface area (TPSA) is 95.5 Å². The number of rotatable bonds is 8. The first-order valence-corrected chi connectivity index (χ1v) is 9.52. The van der Waals surface area contributed by atoms with Gasteiger partial charge < -0.3 is 15.7 Å². The second-order valence-corrected chi connectivity index (χ2v) is 7.37. The van der Waals surface area contributed by atoms with Gasteiger partial charge in [-0.1, -0.05) is 30.3 Å². The Morgan fingerprint density at radius 1 is 1.00 bits per heavy atom. The van der Waals surface area contributed by atoms with Crippen molar-refractivity contribution >= 4 is 35.2 Å². The Hall–Kier alpha value is -2.80. The lowest BCUT2D eigenvalue weighted by molar-refractivity contribution is -0.138. The van der Waals surface area contributed by atoms with Gasteiger partial charge in [-0.2, -0.15) is 0 Å². The molecule has 2 aromatic rings. The van der Waals surface area contributed by atoms with E-state index >= 15 is 0 Å². The first kappa shape index (κ1) is 20.5. The van der Waals surface area contributed by atoms with Crippen LogP contribution in [0.4, 0.5) is 5.69 Å². The summed E-state index contributed by atoms with van der Waals surface area (Å²) < 4.78 is 0. The fraction of sp³-hybridized carbons (Fsp3) is 0.250. The van der Waals surface area contributed by atoms with Gasteiger partial charge >= 0.3 is 5.97 Å². The first-order valence-electron chi connectivity index (χ1n) is 8.47. The molecule has 0 heterocycles. The van der Waals surface area contributed by atoms with E-state index < -0.39 is 17.9 Å². The molecule has 0 aliphatic carbocycles. The molecular formula is C20H22N2O4S. The molecule has 0 aromatic heterocycles. The van der Waals surface area contributed by atoms with Crippen molar-refractivity contribution in [2.75, 3.05) is 5.32 Å². The number of carbonyl (C=O) groups excluding carboxylic acids is 2. The van der Waals surface area contributed by atoms with E-state index in [0.717, 1.165) is 11.3 Å². The summed E-state index contributed by atoms with van der Waals surface area (Å²) in [6.07, 6.45) is 0. The summed E-state index contributed by atoms with van der Waals surface area (Å²) in [5.41, 5.74) is 2.07. The highest BCUT2D eigenvalue weighted by Gasteiger charge is 2.16. The van der Waals surface area contributed by atoms with Crippen LogP contribution in [0, 0.1) is 0 Å². The van der Waals surface area contributed by atoms with E-state index in [2.05, 4.69) is 10.6 Å². The molecule has 0 aliphatic heterocycles. The number of hydrogen-bond donors (Lipinski definition) is 3. The van der Waals surface area contributed by atoms with E-state index in [1.165, 1.54) is 6.92 Å². The van der Waals surface area contributed by atoms with Crippen LogP contribution in [0.3, 0.4) is 0 Å². The van der Waals surface area contributed by atoms with E-state index in [4.69, 9.17) is 5.11 Å². The van der Waals surface area contributed by atoms with Crippen LogP contribution in [0.25, 0.3) is 0 Å². The molecule has 7 heteroatoms. The standard InChI is InChI=1S/C20H22N2O4S/c1-13(20(25)26)21-19(24)16-8-10-17(11-9-16)22-18(23)14(2)27-12-15-6-4-3-5-7-15/h3-11,13-14H,12H2,1-2H3,(H,21,24)(H,22,23)(H,25,26). The Morgan fingerprint density at radius 2 is 1.63 bits per heavy atom. The van der Waals surface area contributed by atoms with Crippen molar-refractivity contribution in [3.63, 3.8) is 0 Å². The van der Waals surface area contributed by atoms with E-state index in [1.54, 1.807) is 36.0 Å². The maximum Gasteiger partial charge on any atom is 0.325 e. The molecule has 6 nitrogen and oxygen atoms in total. The number of thioether (sulfide) groups is 1. The molecule has 0 aliphatic rings. The molecule has 0 saturated carbocycles. The lowest BCUT2D eigenvalue weighted by Crippen LogP contribution is -2.38. The van der Waals surface area contributed by atoms with Gasteiger partial charge in [0.1, 0.15) is 6.04 Å². The van der Waals surface area contributed by atoms with Crippen LogP contribution in [0.2, 0.25) is 0 Å². The van der Waals surface area contributed by atoms with Crippen LogP contribution < -0.4 is 10.6 Å². The van der Waals surface area contributed by atoms with Crippen molar-refractivity contribution in [2.24, 2.45) is 0 Å². The number of hydrogen-bond acceptors (Lipinski definition) is 4. The predicted molar refractivity (Wildman–Crippen MR) is 107 cm³/mol. The van der Waals surface area contributed by atoms with Gasteiger partial charge in [0.25, 0.3) is 5.91 Å². The lowest BCUT2D eigenvalue weighted by Gasteiger charge is -2.13. The van der Waals surface area contributed by atoms with Crippen molar-refractivity contribution in [2.45, 2.75) is 30.9 Å². The second-order valence-electron chi connectivity index (χ2n) is 6.04. The molecule has 0 radical (unpaired) electrons. The highest BCUT2D eigenvalue weighted by Crippen LogP contribution is 2.19. The molecule has 2 unspecified atom stereocenters. The number of nitrogens with one attached hydrogen (secondary N) is 2. The molecule has 142 valence electrons. The summed E-state index contributed by atoms with van der Waals surface area (Å²) in [5.74, 6) is -0.951. The van der Waals surface area contributed by atoms with Crippen molar-refractivity contribution in [3.05, 3.63) is 65.7 Å². The molecule has 27 heavy (non-hydrogen) atoms. The van der Waals surface area contributed by atoms with E-state index in [0.29, 0.717) is 11.3 Å². The molecule has 0 bridgehead atoms. The largest absolute Gasteiger partial charge is 0.480 e. The molecule has 0 fully saturated rings. The van der Waals surface area contributed by atoms with Gasteiger partial charge in [0, 0.05) is 17.0 Å². The molecular weight excluding hydrogens is 364 g/mol. The third kappa shape index (κ3) is 6.45. The quantitative estimate of drug-likeness (QED) is 0.648. The summed E-state index contributed by atoms with van der Waals surface area (Å²) in [6.45, 7) is 3.24. The fourth-order valence-corrected chi connectivity index (χ4v) is 3.01. The van der Waals surface area contributed by atoms with Gasteiger partial charge in [0.15, 0.2) is 0 Å². The number of carboxylic acids is 1. The molecule has 2 aromatic carbocycles. The molecule has 2 rings (SSSR count). The summed E-state index contributed by atoms with van der Waals surface area (Å²) in [6, 6.07) is 15.3. The van der Waals surface area contributed by atoms with Gasteiger partial charge in [-0.15, -0.1) is 11.8 Å². The van der Waals surface area contributed by atoms with E-state index in [1.807, 2.05) is 37.3 Å². The van der Waals surface area contributed by atoms with Crippen LogP contribution in [-0.2, 0) is 15.3 Å². The van der Waals surface area contributed by atoms with Crippen LogP contribution in [0.5, 0.6) is 0 Å². The second kappa shape index (κ2) is 9.78. The Labute approximate surface area is 162 Å². The van der Waals surface area contributed by atoms with Crippen LogP contribution >= 0.6 is 11.8 Å². The number of amides is 2. The molecule has 3 N–H and O–H groups in total. The van der Waals surface area contributed by atoms with Crippen molar-refractivity contribution in [3.8, 4) is 0 Å². The zero-order valence-corrected chi connectivity index (χ0v) is 16.0. The van der Waals surface area contributed by atoms with Gasteiger partial charge in [-0.05, 0) is 43.7 Å². The number of carbonyl (C=O) groups is 3. The van der Waals surface area contributed by atoms with Crippen molar-refractivity contribution in [1.82, 2.24) is 5.32 Å². The fourth-order valence-electron chi connectivity index (χ4n) is 2.16. The summed E-state index contributed by atoms with van der Waals surface area (Å²) >= 11 is 1.54. The normalized spacial score (nSPS) is 12.7. The molecule has 2 atom stereocenters. The Balaban J connectivity index is 1.86. The minimum Gasteiger partial charge on any atom is -0.480 e. The third-order valence-electron chi connectivity index (χ3n) is 3.84. The lowest BCUT2D eigenvalue weighted by atomic mass is 10.2. The monoisotopic (exact) mass is 386 g/mol. The number of anilines is 1. The third-order valence-corrected chi connectivity index (χ3v) is 5.06. The average Bonchev–Trinajstić information content (AvgIpc) is 2.67. The summed E-state index contributed by atoms with van der Waals surface area (Å²) in [5, 5.41) is 13.8. The zero-order valence-electron chi connectivity index (χ0n) is 15.1. The number of benzene rings is 2. The predicted octanol–water partition coefficient (Wildman–Crippen LogP) is 3.15. The van der Waals surface area contributed by atoms with Crippen LogP contribution in [0.15, 0.2) is 54.6 Å². The van der Waals surface area contributed by atoms with Crippen molar-refractivity contribution in [1.29, 1.82) is 0 Å². The van der Waals surface area contributed by atoms with Crippen LogP contribution in [-0.4, -0.2) is 34.2 Å². The molecule has 2 amide bonds. The Kier molecular flexibility index (Phi) is 7.43. The molecule has 0 spiro atoms. The Morgan fingerprint density at radius 3 is 2.22 bits per heavy atom. The van der Waals surface area contributed by atoms with Crippen LogP contribution in [0.1, 0.15) is 29.8 Å². The van der Waals surface area contributed by atoms with Crippen molar-refractivity contribution < 1.29 is 19.5 Å². The summed E-state index contributed by atoms with van der Waals surface area (Å²) in [7, 11) is 0. The SMILES string of the molecule is CC(NC(=O)c1ccc(NC(=O)C(C)SCc2ccccc2)cc1)C(=O)O. The molecule has 0 saturated heterocycles. The zero-order chi connectivity index (χ0) is 19.8. The maximum absolute atomic E-state index is 12.3. The number of carboxylic acid groups (broad SMARTS) is 1.